The lowest BCUT2D eigenvalue weighted by atomic mass is 10.2. The Morgan fingerprint density at radius 2 is 1.64 bits per heavy atom. The predicted molar refractivity (Wildman–Crippen MR) is 146 cm³/mol. The minimum atomic E-state index is -5.08. The van der Waals surface area contributed by atoms with E-state index in [9.17, 15) is 45.1 Å². The summed E-state index contributed by atoms with van der Waals surface area (Å²) in [5.41, 5.74) is 0.394. The quantitative estimate of drug-likeness (QED) is 0.0745. The molecular weight excluding hydrogens is 682 g/mol. The average molecular weight is 704 g/mol. The van der Waals surface area contributed by atoms with Gasteiger partial charge in [0.1, 0.15) is 0 Å². The highest BCUT2D eigenvalue weighted by molar-refractivity contribution is 6.31. The van der Waals surface area contributed by atoms with E-state index in [4.69, 9.17) is 31.4 Å². The van der Waals surface area contributed by atoms with Crippen LogP contribution in [0.3, 0.4) is 0 Å². The van der Waals surface area contributed by atoms with Crippen molar-refractivity contribution in [2.45, 2.75) is 31.4 Å². The number of carboxylic acids is 2. The molecule has 0 fully saturated rings. The Labute approximate surface area is 262 Å². The monoisotopic (exact) mass is 703 g/mol. The summed E-state index contributed by atoms with van der Waals surface area (Å²) < 4.78 is 93.7. The molecule has 5 N–H and O–H groups in total. The summed E-state index contributed by atoms with van der Waals surface area (Å²) in [7, 11) is 0. The van der Waals surface area contributed by atoms with Gasteiger partial charge in [-0.15, -0.1) is 0 Å². The van der Waals surface area contributed by atoms with Crippen molar-refractivity contribution in [2.24, 2.45) is 0 Å². The van der Waals surface area contributed by atoms with Gasteiger partial charge in [0.05, 0.1) is 17.8 Å². The Bertz CT molecular complexity index is 1710. The fourth-order valence-electron chi connectivity index (χ4n) is 3.32. The first kappa shape index (κ1) is 38.1. The number of nitrogens with one attached hydrogen (secondary N) is 3. The number of carbonyl (C=O) groups is 2. The molecule has 4 rings (SSSR count). The van der Waals surface area contributed by atoms with Crippen LogP contribution in [0.5, 0.6) is 0 Å². The molecule has 0 aliphatic heterocycles. The van der Waals surface area contributed by atoms with Crippen molar-refractivity contribution in [3.63, 3.8) is 0 Å². The van der Waals surface area contributed by atoms with E-state index in [0.717, 1.165) is 28.9 Å². The molecule has 4 aromatic rings. The van der Waals surface area contributed by atoms with Gasteiger partial charge in [-0.05, 0) is 24.3 Å². The molecule has 0 aliphatic carbocycles. The lowest BCUT2D eigenvalue weighted by Gasteiger charge is -2.16. The number of pyridine rings is 1. The molecule has 3 aromatic heterocycles. The number of fused-ring (bicyclic) bond motifs is 1. The fourth-order valence-corrected chi connectivity index (χ4v) is 3.50. The van der Waals surface area contributed by atoms with Crippen molar-refractivity contribution >= 4 is 40.3 Å². The maximum Gasteiger partial charge on any atom is 0.490 e. The number of aromatic amines is 1. The molecule has 0 spiro atoms. The number of benzene rings is 1. The fraction of sp³-hybridized carbons (Fsp3) is 0.280. The number of rotatable bonds is 9. The molecule has 0 saturated carbocycles. The molecule has 3 heterocycles. The first-order chi connectivity index (χ1) is 21.7. The molecule has 0 amide bonds. The zero-order valence-electron chi connectivity index (χ0n) is 23.2. The number of anilines is 1. The summed E-state index contributed by atoms with van der Waals surface area (Å²) in [5.74, 6) is -9.23. The number of H-pyrrole nitrogens is 1. The second kappa shape index (κ2) is 16.0. The lowest BCUT2D eigenvalue weighted by Crippen LogP contribution is -2.41. The molecule has 0 aliphatic rings. The third kappa shape index (κ3) is 11.7. The molecule has 22 heteroatoms. The van der Waals surface area contributed by atoms with Crippen LogP contribution in [0.15, 0.2) is 59.8 Å². The van der Waals surface area contributed by atoms with Gasteiger partial charge in [-0.3, -0.25) is 9.89 Å². The summed E-state index contributed by atoms with van der Waals surface area (Å²) in [6.07, 6.45) is -6.35. The number of hydrogen-bond donors (Lipinski definition) is 5. The molecule has 47 heavy (non-hydrogen) atoms. The molecule has 0 unspecified atom stereocenters. The van der Waals surface area contributed by atoms with Crippen LogP contribution in [0, 0.1) is 5.21 Å². The van der Waals surface area contributed by atoms with Gasteiger partial charge in [-0.25, -0.2) is 14.6 Å². The van der Waals surface area contributed by atoms with Crippen molar-refractivity contribution < 1.29 is 59.7 Å². The third-order valence-corrected chi connectivity index (χ3v) is 5.74. The number of aliphatic carboxylic acids is 2. The standard InChI is InChI=1S/C21H20ClF2N7O2.2C2HF3O2/c22-14-4-5-16-15(11-14)17(29-28-16)12-25-6-9-30-10-7-26-19(20(30)32)27-13-21(23,24)18-3-1-2-8-31(18)33;2*3-2(4,5)1(6)7/h1-5,7-8,10-11,25H,6,9,12-13H2,(H,26,27)(H,28,29);2*(H,6,7). The van der Waals surface area contributed by atoms with Gasteiger partial charge in [0, 0.05) is 54.6 Å². The highest BCUT2D eigenvalue weighted by atomic mass is 35.5. The largest absolute Gasteiger partial charge is 0.618 e. The zero-order chi connectivity index (χ0) is 35.6. The van der Waals surface area contributed by atoms with Crippen molar-refractivity contribution in [1.29, 1.82) is 0 Å². The molecule has 13 nitrogen and oxygen atoms in total. The van der Waals surface area contributed by atoms with Crippen LogP contribution < -0.4 is 20.9 Å². The normalized spacial score (nSPS) is 11.6. The SMILES string of the molecule is O=C(O)C(F)(F)F.O=C(O)C(F)(F)F.O=c1c(NCC(F)(F)c2cccc[n+]2[O-])nccn1CCNCc1[nH]nc2ccc(Cl)cc12. The van der Waals surface area contributed by atoms with E-state index in [1.54, 1.807) is 6.07 Å². The zero-order valence-corrected chi connectivity index (χ0v) is 24.0. The van der Waals surface area contributed by atoms with Gasteiger partial charge in [0.15, 0.2) is 12.0 Å². The van der Waals surface area contributed by atoms with Crippen molar-refractivity contribution in [1.82, 2.24) is 25.1 Å². The Morgan fingerprint density at radius 1 is 1.02 bits per heavy atom. The average Bonchev–Trinajstić information content (AvgIpc) is 3.37. The second-order valence-electron chi connectivity index (χ2n) is 8.89. The van der Waals surface area contributed by atoms with Crippen molar-refractivity contribution in [2.75, 3.05) is 18.4 Å². The Balaban J connectivity index is 0.000000459. The predicted octanol–water partition coefficient (Wildman–Crippen LogP) is 3.67. The van der Waals surface area contributed by atoms with Crippen molar-refractivity contribution in [3.8, 4) is 0 Å². The maximum absolute atomic E-state index is 14.4. The van der Waals surface area contributed by atoms with Crippen LogP contribution in [0.4, 0.5) is 40.9 Å². The van der Waals surface area contributed by atoms with Crippen LogP contribution in [-0.2, 0) is 28.6 Å². The Hall–Kier alpha value is -5.05. The summed E-state index contributed by atoms with van der Waals surface area (Å²) >= 11 is 6.04. The van der Waals surface area contributed by atoms with Gasteiger partial charge >= 0.3 is 30.2 Å². The van der Waals surface area contributed by atoms with E-state index in [0.29, 0.717) is 24.7 Å². The molecule has 0 radical (unpaired) electrons. The van der Waals surface area contributed by atoms with Gasteiger partial charge < -0.3 is 30.6 Å². The third-order valence-electron chi connectivity index (χ3n) is 5.50. The molecule has 0 atom stereocenters. The summed E-state index contributed by atoms with van der Waals surface area (Å²) in [6.45, 7) is 0.249. The minimum absolute atomic E-state index is 0.0981. The second-order valence-corrected chi connectivity index (χ2v) is 9.33. The first-order valence-electron chi connectivity index (χ1n) is 12.5. The van der Waals surface area contributed by atoms with Gasteiger partial charge in [-0.2, -0.15) is 45.0 Å². The molecule has 0 bridgehead atoms. The first-order valence-corrected chi connectivity index (χ1v) is 12.9. The Morgan fingerprint density at radius 3 is 2.21 bits per heavy atom. The van der Waals surface area contributed by atoms with E-state index >= 15 is 0 Å². The number of aromatic nitrogens is 5. The van der Waals surface area contributed by atoms with Crippen LogP contribution in [-0.4, -0.2) is 67.3 Å². The van der Waals surface area contributed by atoms with Gasteiger partial charge in [0.25, 0.3) is 11.3 Å². The van der Waals surface area contributed by atoms with Gasteiger partial charge in [-0.1, -0.05) is 11.6 Å². The van der Waals surface area contributed by atoms with Crippen LogP contribution in [0.25, 0.3) is 10.9 Å². The van der Waals surface area contributed by atoms with Crippen LogP contribution in [0.1, 0.15) is 11.4 Å². The molecule has 0 saturated heterocycles. The number of hydrogen-bond acceptors (Lipinski definition) is 8. The van der Waals surface area contributed by atoms with Gasteiger partial charge in [0.2, 0.25) is 0 Å². The van der Waals surface area contributed by atoms with Crippen molar-refractivity contribution in [3.05, 3.63) is 87.0 Å². The van der Waals surface area contributed by atoms with E-state index in [-0.39, 0.29) is 10.5 Å². The number of nitrogens with zero attached hydrogens (tertiary/aromatic N) is 4. The van der Waals surface area contributed by atoms with Crippen LogP contribution in [0.2, 0.25) is 5.02 Å². The summed E-state index contributed by atoms with van der Waals surface area (Å²) in [6, 6.07) is 9.14. The lowest BCUT2D eigenvalue weighted by molar-refractivity contribution is -0.624. The highest BCUT2D eigenvalue weighted by Crippen LogP contribution is 2.25. The summed E-state index contributed by atoms with van der Waals surface area (Å²) in [5, 5.41) is 40.1. The summed E-state index contributed by atoms with van der Waals surface area (Å²) in [4.78, 5) is 34.2. The highest BCUT2D eigenvalue weighted by Gasteiger charge is 2.40. The maximum atomic E-state index is 14.4. The van der Waals surface area contributed by atoms with E-state index in [1.165, 1.54) is 29.1 Å². The number of carboxylic acid groups (broad SMARTS) is 2. The molecular formula is C25H22ClF8N7O6. The number of alkyl halides is 8. The van der Waals surface area contributed by atoms with Crippen LogP contribution >= 0.6 is 11.6 Å². The Kier molecular flexibility index (Phi) is 13.0. The number of halogens is 9. The van der Waals surface area contributed by atoms with E-state index < -0.39 is 48.0 Å². The minimum Gasteiger partial charge on any atom is -0.618 e. The topological polar surface area (TPSA) is 189 Å². The smallest absolute Gasteiger partial charge is 0.490 e. The molecule has 1 aromatic carbocycles. The van der Waals surface area contributed by atoms with E-state index in [2.05, 4.69) is 25.8 Å². The molecule has 256 valence electrons. The van der Waals surface area contributed by atoms with E-state index in [1.807, 2.05) is 12.1 Å².